The molecule has 4 heteroatoms. The van der Waals surface area contributed by atoms with E-state index in [-0.39, 0.29) is 0 Å². The van der Waals surface area contributed by atoms with Crippen LogP contribution in [0.3, 0.4) is 0 Å². The van der Waals surface area contributed by atoms with Crippen molar-refractivity contribution in [3.05, 3.63) is 51.5 Å². The Morgan fingerprint density at radius 2 is 2.00 bits per heavy atom. The summed E-state index contributed by atoms with van der Waals surface area (Å²) in [4.78, 5) is 2.30. The lowest BCUT2D eigenvalue weighted by atomic mass is 10.2. The molecule has 0 aromatic heterocycles. The van der Waals surface area contributed by atoms with E-state index < -0.39 is 0 Å². The second kappa shape index (κ2) is 5.34. The SMILES string of the molecule is Cc1cc(N)c(Cl)cc1Sc1cccc(Br)c1. The zero-order valence-corrected chi connectivity index (χ0v) is 12.4. The van der Waals surface area contributed by atoms with Gasteiger partial charge in [0.25, 0.3) is 0 Å². The second-order valence-electron chi connectivity index (χ2n) is 3.70. The Bertz CT molecular complexity index is 557. The minimum atomic E-state index is 0.605. The maximum atomic E-state index is 6.04. The summed E-state index contributed by atoms with van der Waals surface area (Å²) in [5.74, 6) is 0. The molecule has 0 saturated carbocycles. The van der Waals surface area contributed by atoms with Gasteiger partial charge in [0.1, 0.15) is 0 Å². The van der Waals surface area contributed by atoms with Crippen LogP contribution in [0, 0.1) is 6.92 Å². The summed E-state index contributed by atoms with van der Waals surface area (Å²) in [6, 6.07) is 12.0. The van der Waals surface area contributed by atoms with Crippen LogP contribution in [0.4, 0.5) is 5.69 Å². The topological polar surface area (TPSA) is 26.0 Å². The standard InChI is InChI=1S/C13H11BrClNS/c1-8-5-12(16)11(15)7-13(8)17-10-4-2-3-9(14)6-10/h2-7H,16H2,1H3. The minimum absolute atomic E-state index is 0.605. The number of anilines is 1. The van der Waals surface area contributed by atoms with E-state index in [9.17, 15) is 0 Å². The molecule has 0 aliphatic carbocycles. The molecule has 1 nitrogen and oxygen atoms in total. The van der Waals surface area contributed by atoms with Crippen molar-refractivity contribution in [2.24, 2.45) is 0 Å². The largest absolute Gasteiger partial charge is 0.398 e. The van der Waals surface area contributed by atoms with Gasteiger partial charge in [0, 0.05) is 14.3 Å². The molecule has 2 aromatic carbocycles. The molecule has 0 spiro atoms. The number of nitrogens with two attached hydrogens (primary N) is 1. The van der Waals surface area contributed by atoms with Crippen LogP contribution in [0.2, 0.25) is 5.02 Å². The number of aryl methyl sites for hydroxylation is 1. The van der Waals surface area contributed by atoms with Crippen LogP contribution in [0.15, 0.2) is 50.7 Å². The first kappa shape index (κ1) is 12.8. The molecule has 0 radical (unpaired) electrons. The van der Waals surface area contributed by atoms with Crippen molar-refractivity contribution >= 4 is 45.0 Å². The normalized spacial score (nSPS) is 10.5. The van der Waals surface area contributed by atoms with Gasteiger partial charge in [-0.1, -0.05) is 45.4 Å². The smallest absolute Gasteiger partial charge is 0.0646 e. The molecule has 0 atom stereocenters. The summed E-state index contributed by atoms with van der Waals surface area (Å²) in [5, 5.41) is 0.605. The number of hydrogen-bond acceptors (Lipinski definition) is 2. The van der Waals surface area contributed by atoms with E-state index in [2.05, 4.69) is 28.1 Å². The molecule has 2 N–H and O–H groups in total. The van der Waals surface area contributed by atoms with Gasteiger partial charge in [0.05, 0.1) is 10.7 Å². The molecule has 2 rings (SSSR count). The van der Waals surface area contributed by atoms with Gasteiger partial charge >= 0.3 is 0 Å². The van der Waals surface area contributed by atoms with E-state index >= 15 is 0 Å². The summed E-state index contributed by atoms with van der Waals surface area (Å²) in [6.07, 6.45) is 0. The van der Waals surface area contributed by atoms with Gasteiger partial charge in [0.15, 0.2) is 0 Å². The zero-order chi connectivity index (χ0) is 12.4. The average molecular weight is 329 g/mol. The van der Waals surface area contributed by atoms with E-state index in [1.165, 1.54) is 4.90 Å². The number of halogens is 2. The van der Waals surface area contributed by atoms with Crippen LogP contribution in [0.5, 0.6) is 0 Å². The van der Waals surface area contributed by atoms with Crippen LogP contribution >= 0.6 is 39.3 Å². The molecule has 0 amide bonds. The van der Waals surface area contributed by atoms with E-state index in [4.69, 9.17) is 17.3 Å². The summed E-state index contributed by atoms with van der Waals surface area (Å²) in [5.41, 5.74) is 7.52. The second-order valence-corrected chi connectivity index (χ2v) is 6.14. The third-order valence-corrected chi connectivity index (χ3v) is 4.29. The third kappa shape index (κ3) is 3.18. The molecular formula is C13H11BrClNS. The predicted molar refractivity (Wildman–Crippen MR) is 78.9 cm³/mol. The molecule has 0 aliphatic rings. The molecular weight excluding hydrogens is 318 g/mol. The molecule has 0 unspecified atom stereocenters. The van der Waals surface area contributed by atoms with Crippen molar-refractivity contribution in [1.82, 2.24) is 0 Å². The van der Waals surface area contributed by atoms with Crippen molar-refractivity contribution in [2.75, 3.05) is 5.73 Å². The van der Waals surface area contributed by atoms with Gasteiger partial charge in [-0.2, -0.15) is 0 Å². The maximum Gasteiger partial charge on any atom is 0.0646 e. The first-order chi connectivity index (χ1) is 8.06. The Kier molecular flexibility index (Phi) is 4.02. The lowest BCUT2D eigenvalue weighted by Crippen LogP contribution is -1.89. The molecule has 17 heavy (non-hydrogen) atoms. The molecule has 2 aromatic rings. The monoisotopic (exact) mass is 327 g/mol. The minimum Gasteiger partial charge on any atom is -0.398 e. The molecule has 0 heterocycles. The Morgan fingerprint density at radius 1 is 1.24 bits per heavy atom. The van der Waals surface area contributed by atoms with Crippen LogP contribution in [0.1, 0.15) is 5.56 Å². The van der Waals surface area contributed by atoms with Crippen LogP contribution in [-0.4, -0.2) is 0 Å². The highest BCUT2D eigenvalue weighted by atomic mass is 79.9. The van der Waals surface area contributed by atoms with Crippen molar-refractivity contribution < 1.29 is 0 Å². The Hall–Kier alpha value is -0.640. The van der Waals surface area contributed by atoms with Crippen LogP contribution < -0.4 is 5.73 Å². The van der Waals surface area contributed by atoms with Crippen molar-refractivity contribution in [1.29, 1.82) is 0 Å². The molecule has 88 valence electrons. The number of hydrogen-bond donors (Lipinski definition) is 1. The van der Waals surface area contributed by atoms with E-state index in [0.29, 0.717) is 10.7 Å². The van der Waals surface area contributed by atoms with E-state index in [1.54, 1.807) is 11.8 Å². The van der Waals surface area contributed by atoms with E-state index in [1.807, 2.05) is 31.2 Å². The summed E-state index contributed by atoms with van der Waals surface area (Å²) in [6.45, 7) is 2.03. The zero-order valence-electron chi connectivity index (χ0n) is 9.21. The van der Waals surface area contributed by atoms with Crippen LogP contribution in [-0.2, 0) is 0 Å². The predicted octanol–water partition coefficient (Wildman–Crippen LogP) is 5.14. The molecule has 0 bridgehead atoms. The number of nitrogen functional groups attached to an aromatic ring is 1. The fourth-order valence-corrected chi connectivity index (χ4v) is 3.22. The van der Waals surface area contributed by atoms with Crippen molar-refractivity contribution in [3.8, 4) is 0 Å². The Morgan fingerprint density at radius 3 is 2.71 bits per heavy atom. The van der Waals surface area contributed by atoms with Crippen molar-refractivity contribution in [3.63, 3.8) is 0 Å². The maximum absolute atomic E-state index is 6.04. The summed E-state index contributed by atoms with van der Waals surface area (Å²) in [7, 11) is 0. The third-order valence-electron chi connectivity index (χ3n) is 2.32. The summed E-state index contributed by atoms with van der Waals surface area (Å²) >= 11 is 11.2. The van der Waals surface area contributed by atoms with Crippen molar-refractivity contribution in [2.45, 2.75) is 16.7 Å². The fraction of sp³-hybridized carbons (Fsp3) is 0.0769. The Balaban J connectivity index is 2.33. The first-order valence-electron chi connectivity index (χ1n) is 5.05. The van der Waals surface area contributed by atoms with Crippen LogP contribution in [0.25, 0.3) is 0 Å². The number of benzene rings is 2. The highest BCUT2D eigenvalue weighted by Crippen LogP contribution is 2.35. The van der Waals surface area contributed by atoms with Gasteiger partial charge in [0.2, 0.25) is 0 Å². The lowest BCUT2D eigenvalue weighted by molar-refractivity contribution is 1.29. The quantitative estimate of drug-likeness (QED) is 0.772. The van der Waals surface area contributed by atoms with Gasteiger partial charge < -0.3 is 5.73 Å². The van der Waals surface area contributed by atoms with Gasteiger partial charge in [-0.05, 0) is 42.8 Å². The fourth-order valence-electron chi connectivity index (χ4n) is 1.45. The summed E-state index contributed by atoms with van der Waals surface area (Å²) < 4.78 is 1.07. The van der Waals surface area contributed by atoms with Gasteiger partial charge in [-0.25, -0.2) is 0 Å². The van der Waals surface area contributed by atoms with E-state index in [0.717, 1.165) is 14.9 Å². The average Bonchev–Trinajstić information content (AvgIpc) is 2.26. The highest BCUT2D eigenvalue weighted by molar-refractivity contribution is 9.10. The lowest BCUT2D eigenvalue weighted by Gasteiger charge is -2.08. The number of rotatable bonds is 2. The van der Waals surface area contributed by atoms with Gasteiger partial charge in [-0.3, -0.25) is 0 Å². The first-order valence-corrected chi connectivity index (χ1v) is 7.04. The highest BCUT2D eigenvalue weighted by Gasteiger charge is 2.05. The Labute approximate surface area is 118 Å². The molecule has 0 aliphatic heterocycles. The van der Waals surface area contributed by atoms with Gasteiger partial charge in [-0.15, -0.1) is 0 Å². The molecule has 0 saturated heterocycles. The molecule has 0 fully saturated rings.